The van der Waals surface area contributed by atoms with E-state index in [0.717, 1.165) is 29.0 Å². The van der Waals surface area contributed by atoms with Crippen LogP contribution in [0, 0.1) is 12.7 Å². The highest BCUT2D eigenvalue weighted by Gasteiger charge is 2.21. The van der Waals surface area contributed by atoms with E-state index in [4.69, 9.17) is 0 Å². The molecule has 160 valence electrons. The Labute approximate surface area is 173 Å². The van der Waals surface area contributed by atoms with Crippen LogP contribution in [-0.2, 0) is 27.9 Å². The van der Waals surface area contributed by atoms with Gasteiger partial charge in [0.05, 0.1) is 0 Å². The minimum atomic E-state index is -0.813. The van der Waals surface area contributed by atoms with Gasteiger partial charge in [0, 0.05) is 27.4 Å². The lowest BCUT2D eigenvalue weighted by Crippen LogP contribution is -2.33. The van der Waals surface area contributed by atoms with E-state index in [9.17, 15) is 18.8 Å². The number of nitrogens with one attached hydrogen (secondary N) is 1. The number of ketones is 1. The Balaban J connectivity index is 1.90. The molecule has 1 N–H and O–H groups in total. The van der Waals surface area contributed by atoms with Gasteiger partial charge in [-0.2, -0.15) is 5.10 Å². The Bertz CT molecular complexity index is 971. The van der Waals surface area contributed by atoms with Crippen LogP contribution < -0.4 is 5.32 Å². The summed E-state index contributed by atoms with van der Waals surface area (Å²) in [5, 5.41) is 17.8. The monoisotopic (exact) mass is 417 g/mol. The van der Waals surface area contributed by atoms with E-state index in [1.807, 2.05) is 6.92 Å². The normalized spacial score (nSPS) is 11.3. The molecule has 0 aliphatic carbocycles. The van der Waals surface area contributed by atoms with Crippen molar-refractivity contribution in [3.63, 3.8) is 0 Å². The second-order valence-corrected chi connectivity index (χ2v) is 6.78. The number of amides is 2. The third kappa shape index (κ3) is 6.26. The van der Waals surface area contributed by atoms with Crippen molar-refractivity contribution in [1.82, 2.24) is 25.2 Å². The van der Waals surface area contributed by atoms with Crippen LogP contribution in [0.4, 0.5) is 10.3 Å². The maximum absolute atomic E-state index is 13.1. The number of aryl methyl sites for hydroxylation is 3. The van der Waals surface area contributed by atoms with Crippen molar-refractivity contribution in [1.29, 1.82) is 0 Å². The number of anilines is 1. The smallest absolute Gasteiger partial charge is 0.282 e. The molecule has 11 heteroatoms. The molecule has 0 radical (unpaired) electrons. The van der Waals surface area contributed by atoms with E-state index in [2.05, 4.69) is 25.9 Å². The third-order valence-electron chi connectivity index (χ3n) is 4.40. The summed E-state index contributed by atoms with van der Waals surface area (Å²) in [5.41, 5.74) is 1.47. The van der Waals surface area contributed by atoms with Crippen LogP contribution in [0.1, 0.15) is 37.3 Å². The van der Waals surface area contributed by atoms with Gasteiger partial charge in [0.1, 0.15) is 5.82 Å². The molecule has 2 amide bonds. The van der Waals surface area contributed by atoms with Gasteiger partial charge in [-0.15, -0.1) is 0 Å². The SMILES string of the molecule is CC(=O)/C(=N\N(C)C(=O)CCCCc1ccc(F)cc1C)C(=O)Nc1nnnn1C. The molecule has 30 heavy (non-hydrogen) atoms. The number of tetrazole rings is 1. The fourth-order valence-corrected chi connectivity index (χ4v) is 2.67. The van der Waals surface area contributed by atoms with Crippen LogP contribution in [0.3, 0.4) is 0 Å². The van der Waals surface area contributed by atoms with E-state index in [-0.39, 0.29) is 24.1 Å². The number of Topliss-reactive ketones (excluding diaryl/α,β-unsaturated/α-hetero) is 1. The number of carbonyl (C=O) groups excluding carboxylic acids is 3. The number of unbranched alkanes of at least 4 members (excludes halogenated alkanes) is 1. The van der Waals surface area contributed by atoms with Gasteiger partial charge in [0.15, 0.2) is 11.5 Å². The molecule has 0 spiro atoms. The molecule has 1 heterocycles. The maximum Gasteiger partial charge on any atom is 0.282 e. The first kappa shape index (κ1) is 22.8. The zero-order valence-corrected chi connectivity index (χ0v) is 17.3. The molecule has 0 aliphatic heterocycles. The number of benzene rings is 1. The van der Waals surface area contributed by atoms with Crippen LogP contribution in [0.15, 0.2) is 23.3 Å². The number of halogens is 1. The summed E-state index contributed by atoms with van der Waals surface area (Å²) >= 11 is 0. The number of hydrogen-bond acceptors (Lipinski definition) is 7. The number of hydrazone groups is 1. The highest BCUT2D eigenvalue weighted by Crippen LogP contribution is 2.14. The van der Waals surface area contributed by atoms with Gasteiger partial charge < -0.3 is 0 Å². The third-order valence-corrected chi connectivity index (χ3v) is 4.40. The number of aromatic nitrogens is 4. The van der Waals surface area contributed by atoms with Crippen LogP contribution in [0.2, 0.25) is 0 Å². The molecule has 0 fully saturated rings. The lowest BCUT2D eigenvalue weighted by atomic mass is 10.0. The second-order valence-electron chi connectivity index (χ2n) is 6.78. The lowest BCUT2D eigenvalue weighted by molar-refractivity contribution is -0.130. The average molecular weight is 417 g/mol. The number of hydrogen-bond donors (Lipinski definition) is 1. The summed E-state index contributed by atoms with van der Waals surface area (Å²) in [4.78, 5) is 36.4. The lowest BCUT2D eigenvalue weighted by Gasteiger charge is -2.13. The number of carbonyl (C=O) groups is 3. The summed E-state index contributed by atoms with van der Waals surface area (Å²) < 4.78 is 14.4. The Morgan fingerprint density at radius 2 is 2.00 bits per heavy atom. The van der Waals surface area contributed by atoms with Crippen LogP contribution in [0.25, 0.3) is 0 Å². The van der Waals surface area contributed by atoms with E-state index in [1.165, 1.54) is 37.8 Å². The Morgan fingerprint density at radius 3 is 2.60 bits per heavy atom. The zero-order chi connectivity index (χ0) is 22.3. The van der Waals surface area contributed by atoms with Crippen molar-refractivity contribution in [3.8, 4) is 0 Å². The quantitative estimate of drug-likeness (QED) is 0.285. The summed E-state index contributed by atoms with van der Waals surface area (Å²) in [7, 11) is 2.90. The van der Waals surface area contributed by atoms with Crippen molar-refractivity contribution >= 4 is 29.3 Å². The van der Waals surface area contributed by atoms with Crippen LogP contribution in [0.5, 0.6) is 0 Å². The molecule has 0 atom stereocenters. The van der Waals surface area contributed by atoms with Crippen molar-refractivity contribution in [2.75, 3.05) is 12.4 Å². The summed E-state index contributed by atoms with van der Waals surface area (Å²) in [6.45, 7) is 3.02. The molecular formula is C19H24FN7O3. The van der Waals surface area contributed by atoms with E-state index < -0.39 is 17.4 Å². The van der Waals surface area contributed by atoms with E-state index in [0.29, 0.717) is 6.42 Å². The highest BCUT2D eigenvalue weighted by molar-refractivity contribution is 6.67. The molecule has 0 saturated carbocycles. The molecule has 2 rings (SSSR count). The molecule has 0 aliphatic rings. The molecule has 0 unspecified atom stereocenters. The summed E-state index contributed by atoms with van der Waals surface area (Å²) in [6.07, 6.45) is 2.23. The first-order valence-corrected chi connectivity index (χ1v) is 9.34. The molecule has 1 aromatic heterocycles. The van der Waals surface area contributed by atoms with Gasteiger partial charge >= 0.3 is 0 Å². The second kappa shape index (κ2) is 10.3. The minimum absolute atomic E-state index is 0.0408. The van der Waals surface area contributed by atoms with Crippen molar-refractivity contribution in [2.45, 2.75) is 39.5 Å². The zero-order valence-electron chi connectivity index (χ0n) is 17.3. The molecule has 2 aromatic rings. The molecule has 1 aromatic carbocycles. The molecule has 0 saturated heterocycles. The predicted octanol–water partition coefficient (Wildman–Crippen LogP) is 1.41. The minimum Gasteiger partial charge on any atom is -0.292 e. The predicted molar refractivity (Wildman–Crippen MR) is 107 cm³/mol. The van der Waals surface area contributed by atoms with Gasteiger partial charge in [-0.05, 0) is 59.9 Å². The fourth-order valence-electron chi connectivity index (χ4n) is 2.67. The first-order chi connectivity index (χ1) is 14.2. The Morgan fingerprint density at radius 1 is 1.27 bits per heavy atom. The molecular weight excluding hydrogens is 393 g/mol. The van der Waals surface area contributed by atoms with Gasteiger partial charge in [0.25, 0.3) is 5.91 Å². The first-order valence-electron chi connectivity index (χ1n) is 9.34. The van der Waals surface area contributed by atoms with Crippen molar-refractivity contribution in [2.24, 2.45) is 12.1 Å². The summed E-state index contributed by atoms with van der Waals surface area (Å²) in [6, 6.07) is 4.64. The van der Waals surface area contributed by atoms with Crippen molar-refractivity contribution in [3.05, 3.63) is 35.1 Å². The highest BCUT2D eigenvalue weighted by atomic mass is 19.1. The Kier molecular flexibility index (Phi) is 7.84. The van der Waals surface area contributed by atoms with Gasteiger partial charge in [0.2, 0.25) is 11.9 Å². The summed E-state index contributed by atoms with van der Waals surface area (Å²) in [5.74, 6) is -1.98. The van der Waals surface area contributed by atoms with E-state index in [1.54, 1.807) is 6.07 Å². The average Bonchev–Trinajstić information content (AvgIpc) is 3.08. The molecule has 0 bridgehead atoms. The fraction of sp³-hybridized carbons (Fsp3) is 0.421. The van der Waals surface area contributed by atoms with Gasteiger partial charge in [-0.25, -0.2) is 14.1 Å². The van der Waals surface area contributed by atoms with E-state index >= 15 is 0 Å². The van der Waals surface area contributed by atoms with Gasteiger partial charge in [-0.3, -0.25) is 19.7 Å². The number of nitrogens with zero attached hydrogens (tertiary/aromatic N) is 6. The van der Waals surface area contributed by atoms with Crippen LogP contribution in [-0.4, -0.2) is 55.6 Å². The van der Waals surface area contributed by atoms with Gasteiger partial charge in [-0.1, -0.05) is 11.2 Å². The topological polar surface area (TPSA) is 122 Å². The number of rotatable bonds is 9. The largest absolute Gasteiger partial charge is 0.292 e. The maximum atomic E-state index is 13.1. The standard InChI is InChI=1S/C19H24FN7O3/c1-12-11-15(20)10-9-14(12)7-5-6-8-16(29)26(3)23-17(13(2)28)18(30)21-19-22-24-25-27(19)4/h9-11H,5-8H2,1-4H3,(H,21,22,25,30)/b23-17+. The van der Waals surface area contributed by atoms with Crippen LogP contribution >= 0.6 is 0 Å². The molecule has 10 nitrogen and oxygen atoms in total. The van der Waals surface area contributed by atoms with Crippen molar-refractivity contribution < 1.29 is 18.8 Å². The Hall–Kier alpha value is -3.50.